The second kappa shape index (κ2) is 13.7. The number of hydrogen-bond acceptors (Lipinski definition) is 8. The zero-order valence-corrected chi connectivity index (χ0v) is 32.9. The first kappa shape index (κ1) is 35.2. The molecule has 6 aliphatic carbocycles. The number of aromatic nitrogens is 2. The smallest absolute Gasteiger partial charge is 0.265 e. The van der Waals surface area contributed by atoms with Gasteiger partial charge in [-0.05, 0) is 124 Å². The van der Waals surface area contributed by atoms with Crippen LogP contribution in [0.1, 0.15) is 134 Å². The normalized spacial score (nSPS) is 27.0. The van der Waals surface area contributed by atoms with Crippen LogP contribution in [-0.4, -0.2) is 9.97 Å². The zero-order valence-electron chi connectivity index (χ0n) is 31.2. The van der Waals surface area contributed by atoms with Crippen molar-refractivity contribution >= 4 is 45.0 Å². The lowest BCUT2D eigenvalue weighted by molar-refractivity contribution is -0.0374. The van der Waals surface area contributed by atoms with E-state index in [9.17, 15) is 10.5 Å². The molecule has 2 aliphatic heterocycles. The van der Waals surface area contributed by atoms with Crippen molar-refractivity contribution in [3.05, 3.63) is 125 Å². The Kier molecular flexibility index (Phi) is 8.63. The first-order valence-corrected chi connectivity index (χ1v) is 21.8. The number of nitriles is 2. The summed E-state index contributed by atoms with van der Waals surface area (Å²) in [6.07, 6.45) is 29.2. The van der Waals surface area contributed by atoms with E-state index >= 15 is 0 Å². The molecule has 0 N–H and O–H groups in total. The molecule has 2 aromatic heterocycles. The first-order chi connectivity index (χ1) is 27.4. The molecule has 0 radical (unpaired) electrons. The monoisotopic (exact) mass is 772 g/mol. The zero-order chi connectivity index (χ0) is 38.0. The Bertz CT molecular complexity index is 2300. The van der Waals surface area contributed by atoms with Crippen LogP contribution in [0, 0.1) is 47.6 Å². The molecule has 10 heteroatoms. The fraction of sp³-hybridized carbons (Fsp3) is 0.435. The third-order valence-electron chi connectivity index (χ3n) is 13.0. The molecule has 2 aromatic rings. The highest BCUT2D eigenvalue weighted by Crippen LogP contribution is 2.58. The summed E-state index contributed by atoms with van der Waals surface area (Å²) in [6.45, 7) is 15.1. The maximum absolute atomic E-state index is 9.61. The molecule has 278 valence electrons. The van der Waals surface area contributed by atoms with Crippen LogP contribution in [0.5, 0.6) is 0 Å². The molecule has 2 unspecified atom stereocenters. The molecule has 2 spiro atoms. The van der Waals surface area contributed by atoms with E-state index in [1.807, 2.05) is 0 Å². The van der Waals surface area contributed by atoms with Crippen LogP contribution in [0.3, 0.4) is 0 Å². The maximum atomic E-state index is 9.61. The van der Waals surface area contributed by atoms with Crippen LogP contribution < -0.4 is 0 Å². The third-order valence-corrected chi connectivity index (χ3v) is 15.3. The second-order valence-electron chi connectivity index (χ2n) is 16.3. The molecule has 8 aliphatic rings. The predicted octanol–water partition coefficient (Wildman–Crippen LogP) is 12.0. The van der Waals surface area contributed by atoms with Gasteiger partial charge < -0.3 is 9.47 Å². The summed E-state index contributed by atoms with van der Waals surface area (Å²) in [5.74, 6) is 2.09. The van der Waals surface area contributed by atoms with Crippen LogP contribution in [-0.2, 0) is 20.7 Å². The SMILES string of the molecule is [C-]#[N+]/C(C#N)=C1\C=C(c2nc3c(s2)C2=CC4C=C5OC6(CCCCC6)c6nc(C7=C/C(=C(\C#N)[N+]#[C-])CCC7)sc6C5=CC4C=C2OC32CCCCC2)CCC1. The number of fused-ring (bicyclic) bond motifs is 9. The Hall–Kier alpha value is -5.26. The summed E-state index contributed by atoms with van der Waals surface area (Å²) in [6, 6.07) is 4.21. The lowest BCUT2D eigenvalue weighted by Gasteiger charge is -2.45. The highest BCUT2D eigenvalue weighted by Gasteiger charge is 2.50. The standard InChI is InChI=1S/C46H40N6O2S2/c1-49-35(25-47)27-11-9-13-29(19-27)43-51-41-39(55-43)33-21-31-24-38-34(22-32(31)23-37(33)53-45(41)15-5-3-6-16-45)40-42(46(54-38)17-7-4-8-18-46)52-44(56-40)30-14-10-12-28(20-30)36(26-48)50-2/h19-24,31-32H,3-18H2/b35-27-,36-28+. The molecule has 0 aromatic carbocycles. The van der Waals surface area contributed by atoms with Gasteiger partial charge >= 0.3 is 0 Å². The number of thiazole rings is 2. The fourth-order valence-corrected chi connectivity index (χ4v) is 12.7. The Labute approximate surface area is 335 Å². The first-order valence-electron chi connectivity index (χ1n) is 20.2. The van der Waals surface area contributed by atoms with Crippen LogP contribution >= 0.6 is 22.7 Å². The lowest BCUT2D eigenvalue weighted by Crippen LogP contribution is -2.38. The molecule has 0 bridgehead atoms. The highest BCUT2D eigenvalue weighted by molar-refractivity contribution is 7.14. The molecular formula is C46H40N6O2S2. The quantitative estimate of drug-likeness (QED) is 0.223. The summed E-state index contributed by atoms with van der Waals surface area (Å²) in [4.78, 5) is 20.2. The highest BCUT2D eigenvalue weighted by atomic mass is 32.1. The van der Waals surface area contributed by atoms with E-state index in [4.69, 9.17) is 32.6 Å². The van der Waals surface area contributed by atoms with Gasteiger partial charge in [0.05, 0.1) is 35.0 Å². The van der Waals surface area contributed by atoms with Crippen LogP contribution in [0.4, 0.5) is 0 Å². The summed E-state index contributed by atoms with van der Waals surface area (Å²) in [5, 5.41) is 21.2. The molecule has 56 heavy (non-hydrogen) atoms. The van der Waals surface area contributed by atoms with Crippen molar-refractivity contribution in [3.8, 4) is 12.1 Å². The minimum absolute atomic E-state index is 0.0940. The molecule has 2 fully saturated rings. The van der Waals surface area contributed by atoms with E-state index in [0.717, 1.165) is 156 Å². The predicted molar refractivity (Wildman–Crippen MR) is 217 cm³/mol. The Morgan fingerprint density at radius 2 is 1.05 bits per heavy atom. The largest absolute Gasteiger partial charge is 0.481 e. The van der Waals surface area contributed by atoms with E-state index < -0.39 is 11.2 Å². The van der Waals surface area contributed by atoms with Gasteiger partial charge in [-0.2, -0.15) is 0 Å². The fourth-order valence-electron chi connectivity index (χ4n) is 10.2. The summed E-state index contributed by atoms with van der Waals surface area (Å²) in [7, 11) is 0. The van der Waals surface area contributed by atoms with Crippen molar-refractivity contribution in [3.63, 3.8) is 0 Å². The van der Waals surface area contributed by atoms with Crippen molar-refractivity contribution in [2.45, 2.75) is 114 Å². The van der Waals surface area contributed by atoms with Gasteiger partial charge in [0, 0.05) is 23.0 Å². The molecule has 4 heterocycles. The second-order valence-corrected chi connectivity index (χ2v) is 18.3. The van der Waals surface area contributed by atoms with E-state index in [-0.39, 0.29) is 23.2 Å². The molecule has 8 nitrogen and oxygen atoms in total. The van der Waals surface area contributed by atoms with Gasteiger partial charge in [-0.3, -0.25) is 0 Å². The Balaban J connectivity index is 1.06. The minimum Gasteiger partial charge on any atom is -0.481 e. The minimum atomic E-state index is -0.454. The third kappa shape index (κ3) is 5.61. The van der Waals surface area contributed by atoms with Gasteiger partial charge in [-0.25, -0.2) is 30.2 Å². The molecule has 2 atom stereocenters. The average molecular weight is 773 g/mol. The number of nitrogens with zero attached hydrogens (tertiary/aromatic N) is 6. The van der Waals surface area contributed by atoms with Crippen molar-refractivity contribution in [2.24, 2.45) is 11.8 Å². The molecule has 10 rings (SSSR count). The molecular weight excluding hydrogens is 733 g/mol. The van der Waals surface area contributed by atoms with Crippen molar-refractivity contribution < 1.29 is 9.47 Å². The van der Waals surface area contributed by atoms with Crippen LogP contribution in [0.2, 0.25) is 0 Å². The number of rotatable bonds is 2. The van der Waals surface area contributed by atoms with Gasteiger partial charge in [-0.15, -0.1) is 22.7 Å². The lowest BCUT2D eigenvalue weighted by atomic mass is 9.73. The maximum Gasteiger partial charge on any atom is 0.265 e. The average Bonchev–Trinajstić information content (AvgIpc) is 3.90. The van der Waals surface area contributed by atoms with Crippen molar-refractivity contribution in [1.29, 1.82) is 10.5 Å². The number of allylic oxidation sites excluding steroid dienone is 14. The van der Waals surface area contributed by atoms with Gasteiger partial charge in [0.15, 0.2) is 11.2 Å². The van der Waals surface area contributed by atoms with Gasteiger partial charge in [0.2, 0.25) is 0 Å². The van der Waals surface area contributed by atoms with Crippen LogP contribution in [0.15, 0.2) is 70.5 Å². The van der Waals surface area contributed by atoms with Gasteiger partial charge in [0.1, 0.15) is 32.9 Å². The Morgan fingerprint density at radius 1 is 0.625 bits per heavy atom. The summed E-state index contributed by atoms with van der Waals surface area (Å²) < 4.78 is 14.4. The van der Waals surface area contributed by atoms with Gasteiger partial charge in [0.25, 0.3) is 11.4 Å². The number of hydrogen-bond donors (Lipinski definition) is 0. The summed E-state index contributed by atoms with van der Waals surface area (Å²) in [5.41, 5.74) is 7.69. The van der Waals surface area contributed by atoms with E-state index in [1.165, 1.54) is 22.6 Å². The van der Waals surface area contributed by atoms with E-state index in [1.54, 1.807) is 22.7 Å². The molecule has 2 saturated carbocycles. The van der Waals surface area contributed by atoms with Crippen molar-refractivity contribution in [1.82, 2.24) is 9.97 Å². The summed E-state index contributed by atoms with van der Waals surface area (Å²) >= 11 is 3.49. The van der Waals surface area contributed by atoms with E-state index in [0.29, 0.717) is 0 Å². The van der Waals surface area contributed by atoms with Crippen LogP contribution in [0.25, 0.3) is 32.0 Å². The number of ether oxygens (including phenoxy) is 2. The topological polar surface area (TPSA) is 101 Å². The van der Waals surface area contributed by atoms with Gasteiger partial charge in [-0.1, -0.05) is 37.1 Å². The van der Waals surface area contributed by atoms with E-state index in [2.05, 4.69) is 58.3 Å². The molecule has 0 amide bonds. The Morgan fingerprint density at radius 3 is 1.45 bits per heavy atom. The molecule has 0 saturated heterocycles. The van der Waals surface area contributed by atoms with Crippen molar-refractivity contribution in [2.75, 3.05) is 0 Å².